The van der Waals surface area contributed by atoms with E-state index in [1.54, 1.807) is 0 Å². The molecule has 1 unspecified atom stereocenters. The average molecular weight is 316 g/mol. The number of halogens is 1. The number of nitrogens with zero attached hydrogens (tertiary/aromatic N) is 2. The Morgan fingerprint density at radius 3 is 2.47 bits per heavy atom. The quantitative estimate of drug-likeness (QED) is 0.923. The molecule has 2 aromatic carbocycles. The highest BCUT2D eigenvalue weighted by Crippen LogP contribution is 2.34. The number of anilines is 1. The number of hydrogen-bond donors (Lipinski definition) is 1. The van der Waals surface area contributed by atoms with Gasteiger partial charge in [0.15, 0.2) is 5.96 Å². The van der Waals surface area contributed by atoms with Crippen molar-refractivity contribution in [2.75, 3.05) is 11.4 Å². The van der Waals surface area contributed by atoms with Gasteiger partial charge in [0, 0.05) is 10.2 Å². The van der Waals surface area contributed by atoms with Gasteiger partial charge in [-0.25, -0.2) is 0 Å². The predicted octanol–water partition coefficient (Wildman–Crippen LogP) is 3.33. The molecule has 1 atom stereocenters. The molecule has 2 aromatic rings. The van der Waals surface area contributed by atoms with E-state index in [0.717, 1.165) is 10.2 Å². The summed E-state index contributed by atoms with van der Waals surface area (Å²) in [6.45, 7) is 0.684. The molecule has 0 amide bonds. The maximum absolute atomic E-state index is 6.05. The van der Waals surface area contributed by atoms with E-state index in [1.165, 1.54) is 5.56 Å². The van der Waals surface area contributed by atoms with E-state index in [9.17, 15) is 0 Å². The summed E-state index contributed by atoms with van der Waals surface area (Å²) in [5.74, 6) is 0.576. The molecule has 0 bridgehead atoms. The Kier molecular flexibility index (Phi) is 3.25. The number of benzene rings is 2. The Bertz CT molecular complexity index is 610. The van der Waals surface area contributed by atoms with Gasteiger partial charge < -0.3 is 10.6 Å². The average Bonchev–Trinajstić information content (AvgIpc) is 2.82. The largest absolute Gasteiger partial charge is 0.369 e. The zero-order valence-corrected chi connectivity index (χ0v) is 11.9. The first-order chi connectivity index (χ1) is 9.27. The van der Waals surface area contributed by atoms with Gasteiger partial charge in [0.1, 0.15) is 0 Å². The minimum Gasteiger partial charge on any atom is -0.369 e. The van der Waals surface area contributed by atoms with E-state index in [0.29, 0.717) is 12.5 Å². The predicted molar refractivity (Wildman–Crippen MR) is 82.3 cm³/mol. The van der Waals surface area contributed by atoms with Crippen molar-refractivity contribution in [1.82, 2.24) is 0 Å². The Balaban J connectivity index is 2.02. The smallest absolute Gasteiger partial charge is 0.196 e. The van der Waals surface area contributed by atoms with Crippen molar-refractivity contribution in [3.63, 3.8) is 0 Å². The molecule has 4 heteroatoms. The van der Waals surface area contributed by atoms with Crippen molar-refractivity contribution < 1.29 is 0 Å². The summed E-state index contributed by atoms with van der Waals surface area (Å²) in [7, 11) is 0. The van der Waals surface area contributed by atoms with Crippen molar-refractivity contribution in [3.8, 4) is 0 Å². The second kappa shape index (κ2) is 5.05. The summed E-state index contributed by atoms with van der Waals surface area (Å²) in [6, 6.07) is 18.5. The van der Waals surface area contributed by atoms with Gasteiger partial charge in [-0.3, -0.25) is 4.99 Å². The lowest BCUT2D eigenvalue weighted by Crippen LogP contribution is -2.36. The molecular formula is C15H14BrN3. The first-order valence-electron chi connectivity index (χ1n) is 6.16. The maximum Gasteiger partial charge on any atom is 0.196 e. The van der Waals surface area contributed by atoms with Crippen molar-refractivity contribution in [1.29, 1.82) is 0 Å². The summed E-state index contributed by atoms with van der Waals surface area (Å²) < 4.78 is 1.09. The van der Waals surface area contributed by atoms with Gasteiger partial charge in [0.2, 0.25) is 0 Å². The zero-order valence-electron chi connectivity index (χ0n) is 10.3. The Morgan fingerprint density at radius 2 is 1.74 bits per heavy atom. The first kappa shape index (κ1) is 12.2. The molecule has 19 heavy (non-hydrogen) atoms. The van der Waals surface area contributed by atoms with Crippen molar-refractivity contribution in [2.45, 2.75) is 6.04 Å². The molecule has 0 aliphatic carbocycles. The summed E-state index contributed by atoms with van der Waals surface area (Å²) >= 11 is 3.61. The van der Waals surface area contributed by atoms with Crippen LogP contribution in [0.25, 0.3) is 0 Å². The molecule has 0 aromatic heterocycles. The van der Waals surface area contributed by atoms with E-state index in [2.05, 4.69) is 44.0 Å². The minimum atomic E-state index is 0.151. The molecule has 3 nitrogen and oxygen atoms in total. The van der Waals surface area contributed by atoms with Gasteiger partial charge in [-0.1, -0.05) is 52.3 Å². The normalized spacial score (nSPS) is 18.5. The monoisotopic (exact) mass is 315 g/mol. The second-order valence-corrected chi connectivity index (χ2v) is 5.30. The third-order valence-corrected chi connectivity index (χ3v) is 4.01. The number of nitrogens with two attached hydrogens (primary N) is 1. The number of hydrogen-bond acceptors (Lipinski definition) is 3. The number of aliphatic imine (C=N–C) groups is 1. The van der Waals surface area contributed by atoms with Gasteiger partial charge in [-0.2, -0.15) is 0 Å². The molecule has 1 heterocycles. The van der Waals surface area contributed by atoms with E-state index in [4.69, 9.17) is 5.73 Å². The van der Waals surface area contributed by atoms with Crippen LogP contribution in [0.3, 0.4) is 0 Å². The molecule has 0 radical (unpaired) electrons. The van der Waals surface area contributed by atoms with Crippen molar-refractivity contribution in [2.24, 2.45) is 10.7 Å². The zero-order chi connectivity index (χ0) is 13.2. The van der Waals surface area contributed by atoms with E-state index in [1.807, 2.05) is 36.4 Å². The molecule has 0 saturated carbocycles. The van der Waals surface area contributed by atoms with E-state index in [-0.39, 0.29) is 6.04 Å². The molecule has 0 saturated heterocycles. The van der Waals surface area contributed by atoms with Crippen LogP contribution >= 0.6 is 15.9 Å². The number of para-hydroxylation sites is 1. The highest BCUT2D eigenvalue weighted by atomic mass is 79.9. The number of guanidine groups is 1. The van der Waals surface area contributed by atoms with Gasteiger partial charge in [0.05, 0.1) is 12.6 Å². The van der Waals surface area contributed by atoms with Crippen LogP contribution in [0.1, 0.15) is 11.6 Å². The van der Waals surface area contributed by atoms with Crippen molar-refractivity contribution >= 4 is 27.6 Å². The lowest BCUT2D eigenvalue weighted by Gasteiger charge is -2.27. The summed E-state index contributed by atoms with van der Waals surface area (Å²) in [4.78, 5) is 6.48. The van der Waals surface area contributed by atoms with Crippen LogP contribution in [0.4, 0.5) is 5.69 Å². The van der Waals surface area contributed by atoms with Gasteiger partial charge in [0.25, 0.3) is 0 Å². The highest BCUT2D eigenvalue weighted by Gasteiger charge is 2.29. The highest BCUT2D eigenvalue weighted by molar-refractivity contribution is 9.10. The Morgan fingerprint density at radius 1 is 1.05 bits per heavy atom. The Labute approximate surface area is 120 Å². The van der Waals surface area contributed by atoms with Gasteiger partial charge in [-0.05, 0) is 23.8 Å². The summed E-state index contributed by atoms with van der Waals surface area (Å²) in [5.41, 5.74) is 8.32. The molecule has 0 fully saturated rings. The van der Waals surface area contributed by atoms with Crippen LogP contribution < -0.4 is 10.6 Å². The molecule has 1 aliphatic heterocycles. The molecule has 0 spiro atoms. The molecule has 1 aliphatic rings. The fourth-order valence-corrected chi connectivity index (χ4v) is 2.93. The lowest BCUT2D eigenvalue weighted by atomic mass is 10.1. The van der Waals surface area contributed by atoms with E-state index < -0.39 is 0 Å². The van der Waals surface area contributed by atoms with Gasteiger partial charge in [-0.15, -0.1) is 0 Å². The lowest BCUT2D eigenvalue weighted by molar-refractivity contribution is 0.765. The maximum atomic E-state index is 6.05. The van der Waals surface area contributed by atoms with Crippen molar-refractivity contribution in [3.05, 3.63) is 64.6 Å². The molecular weight excluding hydrogens is 302 g/mol. The topological polar surface area (TPSA) is 41.6 Å². The first-order valence-corrected chi connectivity index (χ1v) is 6.95. The molecule has 2 N–H and O–H groups in total. The third-order valence-electron chi connectivity index (χ3n) is 3.28. The molecule has 96 valence electrons. The standard InChI is InChI=1S/C15H14BrN3/c16-13-9-5-4-8-12(13)14-10-18-15(17)19(14)11-6-2-1-3-7-11/h1-9,14H,10H2,(H2,17,18). The fraction of sp³-hybridized carbons (Fsp3) is 0.133. The van der Waals surface area contributed by atoms with E-state index >= 15 is 0 Å². The second-order valence-electron chi connectivity index (χ2n) is 4.44. The van der Waals surface area contributed by atoms with Crippen LogP contribution in [0, 0.1) is 0 Å². The van der Waals surface area contributed by atoms with Crippen LogP contribution in [-0.4, -0.2) is 12.5 Å². The van der Waals surface area contributed by atoms with Gasteiger partial charge >= 0.3 is 0 Å². The van der Waals surface area contributed by atoms with Crippen LogP contribution in [0.5, 0.6) is 0 Å². The summed E-state index contributed by atoms with van der Waals surface area (Å²) in [6.07, 6.45) is 0. The Hall–Kier alpha value is -1.81. The molecule has 3 rings (SSSR count). The van der Waals surface area contributed by atoms with Crippen LogP contribution in [0.2, 0.25) is 0 Å². The minimum absolute atomic E-state index is 0.151. The van der Waals surface area contributed by atoms with Crippen LogP contribution in [-0.2, 0) is 0 Å². The third kappa shape index (κ3) is 2.24. The SMILES string of the molecule is NC1=NCC(c2ccccc2Br)N1c1ccccc1. The summed E-state index contributed by atoms with van der Waals surface area (Å²) in [5, 5.41) is 0. The number of rotatable bonds is 2. The van der Waals surface area contributed by atoms with Crippen LogP contribution in [0.15, 0.2) is 64.1 Å². The fourth-order valence-electron chi connectivity index (χ4n) is 2.38.